The topological polar surface area (TPSA) is 32.3 Å². The average molecular weight is 314 g/mol. The fourth-order valence-electron chi connectivity index (χ4n) is 2.80. The molecule has 0 bridgehead atoms. The third kappa shape index (κ3) is 3.89. The Kier molecular flexibility index (Phi) is 4.78. The number of aryl methyl sites for hydroxylation is 1. The zero-order valence-corrected chi connectivity index (χ0v) is 13.8. The number of amides is 1. The van der Waals surface area contributed by atoms with Crippen LogP contribution in [0.2, 0.25) is 0 Å². The van der Waals surface area contributed by atoms with E-state index in [-0.39, 0.29) is 0 Å². The Bertz CT molecular complexity index is 650. The van der Waals surface area contributed by atoms with Crippen LogP contribution in [0.1, 0.15) is 34.6 Å². The van der Waals surface area contributed by atoms with Gasteiger partial charge in [0.25, 0.3) is 0 Å². The van der Waals surface area contributed by atoms with Crippen LogP contribution in [-0.2, 0) is 17.9 Å². The summed E-state index contributed by atoms with van der Waals surface area (Å²) in [6.07, 6.45) is 2.87. The van der Waals surface area contributed by atoms with Crippen molar-refractivity contribution in [3.05, 3.63) is 51.7 Å². The molecule has 1 saturated heterocycles. The Morgan fingerprint density at radius 3 is 2.91 bits per heavy atom. The summed E-state index contributed by atoms with van der Waals surface area (Å²) in [6.45, 7) is 4.60. The van der Waals surface area contributed by atoms with Gasteiger partial charge < -0.3 is 10.2 Å². The molecule has 1 aliphatic heterocycles. The summed E-state index contributed by atoms with van der Waals surface area (Å²) in [5.41, 5.74) is 2.32. The second-order valence-corrected chi connectivity index (χ2v) is 7.21. The highest BCUT2D eigenvalue weighted by atomic mass is 32.1. The Morgan fingerprint density at radius 1 is 1.23 bits per heavy atom. The van der Waals surface area contributed by atoms with E-state index in [4.69, 9.17) is 0 Å². The quantitative estimate of drug-likeness (QED) is 0.898. The number of benzene rings is 1. The van der Waals surface area contributed by atoms with Crippen LogP contribution in [0.4, 0.5) is 5.69 Å². The van der Waals surface area contributed by atoms with E-state index in [0.29, 0.717) is 12.3 Å². The Labute approximate surface area is 136 Å². The fourth-order valence-corrected chi connectivity index (χ4v) is 3.63. The number of thiophene rings is 1. The normalized spacial score (nSPS) is 15.1. The predicted octanol–water partition coefficient (Wildman–Crippen LogP) is 4.18. The van der Waals surface area contributed by atoms with E-state index in [2.05, 4.69) is 48.6 Å². The van der Waals surface area contributed by atoms with E-state index in [1.165, 1.54) is 15.3 Å². The van der Waals surface area contributed by atoms with Gasteiger partial charge in [-0.25, -0.2) is 0 Å². The first-order valence-corrected chi connectivity index (χ1v) is 8.68. The number of carbonyl (C=O) groups is 1. The lowest BCUT2D eigenvalue weighted by atomic mass is 10.1. The van der Waals surface area contributed by atoms with Crippen molar-refractivity contribution in [1.29, 1.82) is 0 Å². The van der Waals surface area contributed by atoms with Crippen LogP contribution in [0.15, 0.2) is 36.4 Å². The molecule has 1 fully saturated rings. The van der Waals surface area contributed by atoms with E-state index in [0.717, 1.165) is 38.2 Å². The molecule has 3 nitrogen and oxygen atoms in total. The lowest BCUT2D eigenvalue weighted by Gasteiger charge is -2.26. The molecule has 1 amide bonds. The summed E-state index contributed by atoms with van der Waals surface area (Å²) < 4.78 is 0. The highest BCUT2D eigenvalue weighted by molar-refractivity contribution is 7.11. The standard InChI is InChI=1S/C18H22N2OS/c1-14-8-9-17(22-14)12-19-16-6-4-5-15(11-16)13-20-10-3-2-7-18(20)21/h4-6,8-9,11,19H,2-3,7,10,12-13H2,1H3. The Balaban J connectivity index is 1.60. The predicted molar refractivity (Wildman–Crippen MR) is 92.1 cm³/mol. The zero-order chi connectivity index (χ0) is 15.4. The number of piperidine rings is 1. The molecule has 0 atom stereocenters. The maximum absolute atomic E-state index is 11.9. The smallest absolute Gasteiger partial charge is 0.222 e. The number of hydrogen-bond acceptors (Lipinski definition) is 3. The van der Waals surface area contributed by atoms with Crippen molar-refractivity contribution in [3.8, 4) is 0 Å². The largest absolute Gasteiger partial charge is 0.380 e. The van der Waals surface area contributed by atoms with Gasteiger partial charge >= 0.3 is 0 Å². The fraction of sp³-hybridized carbons (Fsp3) is 0.389. The van der Waals surface area contributed by atoms with Crippen LogP contribution in [0, 0.1) is 6.92 Å². The Morgan fingerprint density at radius 2 is 2.14 bits per heavy atom. The third-order valence-electron chi connectivity index (χ3n) is 3.98. The first-order valence-electron chi connectivity index (χ1n) is 7.86. The van der Waals surface area contributed by atoms with Crippen LogP contribution >= 0.6 is 11.3 Å². The van der Waals surface area contributed by atoms with Gasteiger partial charge in [0.05, 0.1) is 0 Å². The van der Waals surface area contributed by atoms with Gasteiger partial charge in [-0.1, -0.05) is 12.1 Å². The van der Waals surface area contributed by atoms with E-state index >= 15 is 0 Å². The highest BCUT2D eigenvalue weighted by Gasteiger charge is 2.17. The van der Waals surface area contributed by atoms with E-state index in [9.17, 15) is 4.79 Å². The molecule has 4 heteroatoms. The molecule has 1 aromatic heterocycles. The number of rotatable bonds is 5. The number of likely N-dealkylation sites (tertiary alicyclic amines) is 1. The number of hydrogen-bond donors (Lipinski definition) is 1. The van der Waals surface area contributed by atoms with Crippen molar-refractivity contribution in [2.45, 2.75) is 39.3 Å². The van der Waals surface area contributed by atoms with Crippen LogP contribution in [-0.4, -0.2) is 17.4 Å². The second kappa shape index (κ2) is 6.97. The molecule has 0 saturated carbocycles. The summed E-state index contributed by atoms with van der Waals surface area (Å²) >= 11 is 1.82. The van der Waals surface area contributed by atoms with Crippen LogP contribution in [0.25, 0.3) is 0 Å². The van der Waals surface area contributed by atoms with Gasteiger partial charge in [0.2, 0.25) is 5.91 Å². The van der Waals surface area contributed by atoms with Crippen molar-refractivity contribution >= 4 is 22.9 Å². The minimum absolute atomic E-state index is 0.290. The number of nitrogens with one attached hydrogen (secondary N) is 1. The van der Waals surface area contributed by atoms with E-state index in [1.807, 2.05) is 16.2 Å². The molecule has 0 spiro atoms. The summed E-state index contributed by atoms with van der Waals surface area (Å²) in [5, 5.41) is 3.47. The van der Waals surface area contributed by atoms with Gasteiger partial charge in [0.15, 0.2) is 0 Å². The number of anilines is 1. The van der Waals surface area contributed by atoms with Gasteiger partial charge in [-0.15, -0.1) is 11.3 Å². The van der Waals surface area contributed by atoms with Crippen LogP contribution < -0.4 is 5.32 Å². The van der Waals surface area contributed by atoms with Crippen molar-refractivity contribution in [1.82, 2.24) is 4.90 Å². The monoisotopic (exact) mass is 314 g/mol. The first-order chi connectivity index (χ1) is 10.7. The minimum atomic E-state index is 0.290. The van der Waals surface area contributed by atoms with Gasteiger partial charge in [0, 0.05) is 41.5 Å². The van der Waals surface area contributed by atoms with E-state index < -0.39 is 0 Å². The van der Waals surface area contributed by atoms with Crippen molar-refractivity contribution < 1.29 is 4.79 Å². The highest BCUT2D eigenvalue weighted by Crippen LogP contribution is 2.19. The van der Waals surface area contributed by atoms with E-state index in [1.54, 1.807) is 0 Å². The zero-order valence-electron chi connectivity index (χ0n) is 13.0. The van der Waals surface area contributed by atoms with Crippen molar-refractivity contribution in [3.63, 3.8) is 0 Å². The molecule has 116 valence electrons. The summed E-state index contributed by atoms with van der Waals surface area (Å²) in [5.74, 6) is 0.290. The molecule has 1 aromatic carbocycles. The third-order valence-corrected chi connectivity index (χ3v) is 4.99. The van der Waals surface area contributed by atoms with Crippen molar-refractivity contribution in [2.75, 3.05) is 11.9 Å². The Hall–Kier alpha value is -1.81. The maximum Gasteiger partial charge on any atom is 0.222 e. The molecule has 1 N–H and O–H groups in total. The minimum Gasteiger partial charge on any atom is -0.380 e. The van der Waals surface area contributed by atoms with Gasteiger partial charge in [0.1, 0.15) is 0 Å². The molecule has 0 radical (unpaired) electrons. The lowest BCUT2D eigenvalue weighted by Crippen LogP contribution is -2.34. The lowest BCUT2D eigenvalue weighted by molar-refractivity contribution is -0.133. The summed E-state index contributed by atoms with van der Waals surface area (Å²) in [6, 6.07) is 12.7. The van der Waals surface area contributed by atoms with Crippen molar-refractivity contribution in [2.24, 2.45) is 0 Å². The van der Waals surface area contributed by atoms with Gasteiger partial charge in [-0.3, -0.25) is 4.79 Å². The molecule has 1 aliphatic rings. The molecule has 0 unspecified atom stereocenters. The molecule has 0 aliphatic carbocycles. The first kappa shape index (κ1) is 15.1. The summed E-state index contributed by atoms with van der Waals surface area (Å²) in [7, 11) is 0. The van der Waals surface area contributed by atoms with Crippen LogP contribution in [0.3, 0.4) is 0 Å². The molecule has 2 heterocycles. The van der Waals surface area contributed by atoms with Crippen LogP contribution in [0.5, 0.6) is 0 Å². The molecule has 2 aromatic rings. The van der Waals surface area contributed by atoms with Gasteiger partial charge in [-0.2, -0.15) is 0 Å². The molecular formula is C18H22N2OS. The molecule has 22 heavy (non-hydrogen) atoms. The maximum atomic E-state index is 11.9. The average Bonchev–Trinajstić information content (AvgIpc) is 2.94. The number of carbonyl (C=O) groups excluding carboxylic acids is 1. The SMILES string of the molecule is Cc1ccc(CNc2cccc(CN3CCCCC3=O)c2)s1. The molecule has 3 rings (SSSR count). The second-order valence-electron chi connectivity index (χ2n) is 5.84. The van der Waals surface area contributed by atoms with Gasteiger partial charge in [-0.05, 0) is 49.6 Å². The molecular weight excluding hydrogens is 292 g/mol. The number of nitrogens with zero attached hydrogens (tertiary/aromatic N) is 1. The summed E-state index contributed by atoms with van der Waals surface area (Å²) in [4.78, 5) is 16.6.